The van der Waals surface area contributed by atoms with E-state index in [0.717, 1.165) is 31.8 Å². The fourth-order valence-corrected chi connectivity index (χ4v) is 2.27. The van der Waals surface area contributed by atoms with Crippen LogP contribution in [0.3, 0.4) is 0 Å². The molecule has 2 rings (SSSR count). The second kappa shape index (κ2) is 7.36. The molecule has 0 spiro atoms. The number of ether oxygens (including phenoxy) is 1. The summed E-state index contributed by atoms with van der Waals surface area (Å²) in [6.07, 6.45) is -0.383. The van der Waals surface area contributed by atoms with Crippen molar-refractivity contribution in [3.63, 3.8) is 0 Å². The molecular weight excluding hydrogens is 254 g/mol. The Morgan fingerprint density at radius 1 is 1.50 bits per heavy atom. The number of morpholine rings is 1. The monoisotopic (exact) mass is 275 g/mol. The van der Waals surface area contributed by atoms with E-state index in [9.17, 15) is 5.11 Å². The van der Waals surface area contributed by atoms with Crippen LogP contribution in [0.1, 0.15) is 17.2 Å². The van der Waals surface area contributed by atoms with Crippen LogP contribution in [0.4, 0.5) is 0 Å². The van der Waals surface area contributed by atoms with Gasteiger partial charge in [0.2, 0.25) is 0 Å². The molecule has 2 N–H and O–H groups in total. The zero-order valence-electron chi connectivity index (χ0n) is 11.7. The SMILES string of the molecule is CN1CCOC(CNCC(O)c2ccc(C#N)cc2)C1. The van der Waals surface area contributed by atoms with Gasteiger partial charge >= 0.3 is 0 Å². The van der Waals surface area contributed by atoms with Crippen LogP contribution in [-0.4, -0.2) is 55.9 Å². The summed E-state index contributed by atoms with van der Waals surface area (Å²) in [6.45, 7) is 3.87. The second-order valence-electron chi connectivity index (χ2n) is 5.16. The number of nitrogens with zero attached hydrogens (tertiary/aromatic N) is 2. The fourth-order valence-electron chi connectivity index (χ4n) is 2.27. The van der Waals surface area contributed by atoms with Crippen molar-refractivity contribution in [2.75, 3.05) is 39.8 Å². The highest BCUT2D eigenvalue weighted by Crippen LogP contribution is 2.12. The van der Waals surface area contributed by atoms with E-state index in [0.29, 0.717) is 12.1 Å². The number of rotatable bonds is 5. The van der Waals surface area contributed by atoms with Crippen LogP contribution >= 0.6 is 0 Å². The summed E-state index contributed by atoms with van der Waals surface area (Å²) >= 11 is 0. The van der Waals surface area contributed by atoms with Crippen molar-refractivity contribution in [2.24, 2.45) is 0 Å². The number of likely N-dealkylation sites (N-methyl/N-ethyl adjacent to an activating group) is 1. The van der Waals surface area contributed by atoms with Crippen molar-refractivity contribution in [3.05, 3.63) is 35.4 Å². The Morgan fingerprint density at radius 3 is 2.90 bits per heavy atom. The Labute approximate surface area is 119 Å². The van der Waals surface area contributed by atoms with Gasteiger partial charge in [-0.05, 0) is 24.7 Å². The standard InChI is InChI=1S/C15H21N3O2/c1-18-6-7-20-14(11-18)9-17-10-15(19)13-4-2-12(8-16)3-5-13/h2-5,14-15,17,19H,6-7,9-11H2,1H3. The summed E-state index contributed by atoms with van der Waals surface area (Å²) in [5.41, 5.74) is 1.42. The maximum absolute atomic E-state index is 10.1. The van der Waals surface area contributed by atoms with E-state index in [-0.39, 0.29) is 6.10 Å². The second-order valence-corrected chi connectivity index (χ2v) is 5.16. The maximum Gasteiger partial charge on any atom is 0.0991 e. The molecule has 1 aromatic carbocycles. The van der Waals surface area contributed by atoms with Gasteiger partial charge in [-0.1, -0.05) is 12.1 Å². The van der Waals surface area contributed by atoms with Gasteiger partial charge in [0.25, 0.3) is 0 Å². The van der Waals surface area contributed by atoms with Crippen molar-refractivity contribution >= 4 is 0 Å². The van der Waals surface area contributed by atoms with Gasteiger partial charge in [-0.3, -0.25) is 0 Å². The first-order valence-electron chi connectivity index (χ1n) is 6.88. The van der Waals surface area contributed by atoms with Crippen LogP contribution in [0.5, 0.6) is 0 Å². The lowest BCUT2D eigenvalue weighted by Gasteiger charge is -2.30. The Balaban J connectivity index is 1.74. The maximum atomic E-state index is 10.1. The van der Waals surface area contributed by atoms with Crippen molar-refractivity contribution in [1.29, 1.82) is 5.26 Å². The zero-order valence-corrected chi connectivity index (χ0v) is 11.7. The lowest BCUT2D eigenvalue weighted by Crippen LogP contribution is -2.45. The minimum Gasteiger partial charge on any atom is -0.387 e. The molecule has 1 fully saturated rings. The molecule has 0 aromatic heterocycles. The summed E-state index contributed by atoms with van der Waals surface area (Å²) in [5.74, 6) is 0. The summed E-state index contributed by atoms with van der Waals surface area (Å²) in [6, 6.07) is 9.08. The third kappa shape index (κ3) is 4.29. The quantitative estimate of drug-likeness (QED) is 0.819. The lowest BCUT2D eigenvalue weighted by molar-refractivity contribution is -0.0191. The van der Waals surface area contributed by atoms with E-state index < -0.39 is 6.10 Å². The van der Waals surface area contributed by atoms with Crippen molar-refractivity contribution < 1.29 is 9.84 Å². The predicted molar refractivity (Wildman–Crippen MR) is 76.2 cm³/mol. The van der Waals surface area contributed by atoms with Crippen molar-refractivity contribution in [1.82, 2.24) is 10.2 Å². The molecule has 0 bridgehead atoms. The molecule has 2 unspecified atom stereocenters. The first kappa shape index (κ1) is 14.9. The van der Waals surface area contributed by atoms with Crippen molar-refractivity contribution in [3.8, 4) is 6.07 Å². The minimum absolute atomic E-state index is 0.182. The molecule has 0 amide bonds. The Bertz CT molecular complexity index is 455. The Morgan fingerprint density at radius 2 is 2.25 bits per heavy atom. The van der Waals surface area contributed by atoms with E-state index in [1.807, 2.05) is 0 Å². The number of hydrogen-bond donors (Lipinski definition) is 2. The average Bonchev–Trinajstić information content (AvgIpc) is 2.47. The van der Waals surface area contributed by atoms with Gasteiger partial charge in [-0.2, -0.15) is 5.26 Å². The number of nitriles is 1. The predicted octanol–water partition coefficient (Wildman–Crippen LogP) is 0.512. The molecule has 1 heterocycles. The first-order valence-corrected chi connectivity index (χ1v) is 6.88. The third-order valence-electron chi connectivity index (χ3n) is 3.48. The van der Waals surface area contributed by atoms with Gasteiger partial charge in [-0.25, -0.2) is 0 Å². The van der Waals surface area contributed by atoms with Gasteiger partial charge in [-0.15, -0.1) is 0 Å². The van der Waals surface area contributed by atoms with Crippen LogP contribution < -0.4 is 5.32 Å². The average molecular weight is 275 g/mol. The molecule has 1 aliphatic rings. The fraction of sp³-hybridized carbons (Fsp3) is 0.533. The number of benzene rings is 1. The summed E-state index contributed by atoms with van der Waals surface area (Å²) in [7, 11) is 2.08. The summed E-state index contributed by atoms with van der Waals surface area (Å²) < 4.78 is 5.64. The number of aliphatic hydroxyl groups excluding tert-OH is 1. The van der Waals surface area contributed by atoms with E-state index >= 15 is 0 Å². The zero-order chi connectivity index (χ0) is 14.4. The summed E-state index contributed by atoms with van der Waals surface area (Å²) in [5, 5.41) is 22.0. The summed E-state index contributed by atoms with van der Waals surface area (Å²) in [4.78, 5) is 2.24. The third-order valence-corrected chi connectivity index (χ3v) is 3.48. The molecule has 0 aliphatic carbocycles. The highest BCUT2D eigenvalue weighted by Gasteiger charge is 2.17. The molecule has 2 atom stereocenters. The Hall–Kier alpha value is -1.45. The lowest BCUT2D eigenvalue weighted by atomic mass is 10.1. The van der Waals surface area contributed by atoms with Crippen LogP contribution in [0.2, 0.25) is 0 Å². The Kier molecular flexibility index (Phi) is 5.50. The number of aliphatic hydroxyl groups is 1. The van der Waals surface area contributed by atoms with Gasteiger partial charge in [0, 0.05) is 26.2 Å². The molecule has 5 heteroatoms. The van der Waals surface area contributed by atoms with Crippen LogP contribution in [0.25, 0.3) is 0 Å². The number of hydrogen-bond acceptors (Lipinski definition) is 5. The van der Waals surface area contributed by atoms with Gasteiger partial charge in [0.15, 0.2) is 0 Å². The molecule has 0 saturated carbocycles. The molecule has 0 radical (unpaired) electrons. The smallest absolute Gasteiger partial charge is 0.0991 e. The van der Waals surface area contributed by atoms with Crippen LogP contribution in [0, 0.1) is 11.3 Å². The van der Waals surface area contributed by atoms with E-state index in [1.54, 1.807) is 24.3 Å². The molecule has 1 aliphatic heterocycles. The number of nitrogens with one attached hydrogen (secondary N) is 1. The molecular formula is C15H21N3O2. The first-order chi connectivity index (χ1) is 9.69. The highest BCUT2D eigenvalue weighted by atomic mass is 16.5. The highest BCUT2D eigenvalue weighted by molar-refractivity contribution is 5.32. The van der Waals surface area contributed by atoms with Gasteiger partial charge in [0.05, 0.1) is 30.4 Å². The molecule has 5 nitrogen and oxygen atoms in total. The molecule has 1 aromatic rings. The van der Waals surface area contributed by atoms with E-state index in [2.05, 4.69) is 23.3 Å². The van der Waals surface area contributed by atoms with Gasteiger partial charge < -0.3 is 20.1 Å². The molecule has 108 valence electrons. The van der Waals surface area contributed by atoms with E-state index in [4.69, 9.17) is 10.00 Å². The van der Waals surface area contributed by atoms with Crippen molar-refractivity contribution in [2.45, 2.75) is 12.2 Å². The van der Waals surface area contributed by atoms with Crippen LogP contribution in [0.15, 0.2) is 24.3 Å². The van der Waals surface area contributed by atoms with Crippen LogP contribution in [-0.2, 0) is 4.74 Å². The van der Waals surface area contributed by atoms with E-state index in [1.165, 1.54) is 0 Å². The molecule has 1 saturated heterocycles. The molecule has 20 heavy (non-hydrogen) atoms. The topological polar surface area (TPSA) is 68.5 Å². The minimum atomic E-state index is -0.566. The normalized spacial score (nSPS) is 21.4. The largest absolute Gasteiger partial charge is 0.387 e. The van der Waals surface area contributed by atoms with Gasteiger partial charge in [0.1, 0.15) is 0 Å².